The summed E-state index contributed by atoms with van der Waals surface area (Å²) in [4.78, 5) is 12.7. The maximum Gasteiger partial charge on any atom is 0.331 e. The Morgan fingerprint density at radius 2 is 1.65 bits per heavy atom. The molecule has 2 atom stereocenters. The van der Waals surface area contributed by atoms with E-state index in [9.17, 15) is 4.79 Å². The molecule has 2 aromatic carbocycles. The number of rotatable bonds is 5. The van der Waals surface area contributed by atoms with Crippen LogP contribution in [0.25, 0.3) is 0 Å². The number of esters is 1. The minimum atomic E-state index is -2.12. The van der Waals surface area contributed by atoms with Crippen molar-refractivity contribution >= 4 is 29.3 Å². The van der Waals surface area contributed by atoms with Gasteiger partial charge >= 0.3 is 5.97 Å². The van der Waals surface area contributed by atoms with E-state index in [2.05, 4.69) is 62.4 Å². The van der Waals surface area contributed by atoms with Crippen LogP contribution in [0.2, 0.25) is 0 Å². The largest absolute Gasteiger partial charge is 0.463 e. The molecule has 0 aliphatic heterocycles. The minimum absolute atomic E-state index is 0.205. The van der Waals surface area contributed by atoms with E-state index < -0.39 is 6.89 Å². The van der Waals surface area contributed by atoms with Gasteiger partial charge in [-0.15, -0.1) is 0 Å². The van der Waals surface area contributed by atoms with E-state index in [1.54, 1.807) is 0 Å². The third-order valence-corrected chi connectivity index (χ3v) is 10.3. The zero-order valence-corrected chi connectivity index (χ0v) is 16.5. The highest BCUT2D eigenvalue weighted by molar-refractivity contribution is 7.92. The first-order valence-electron chi connectivity index (χ1n) is 9.28. The van der Waals surface area contributed by atoms with Crippen molar-refractivity contribution in [3.8, 4) is 0 Å². The van der Waals surface area contributed by atoms with Gasteiger partial charge in [0.15, 0.2) is 0 Å². The highest BCUT2D eigenvalue weighted by atomic mass is 31.2. The van der Waals surface area contributed by atoms with Crippen LogP contribution in [0, 0.1) is 11.3 Å². The highest BCUT2D eigenvalue weighted by Crippen LogP contribution is 2.79. The fourth-order valence-electron chi connectivity index (χ4n) is 4.47. The molecule has 2 aliphatic carbocycles. The molecule has 2 unspecified atom stereocenters. The van der Waals surface area contributed by atoms with E-state index in [1.807, 2.05) is 24.9 Å². The van der Waals surface area contributed by atoms with E-state index in [-0.39, 0.29) is 5.97 Å². The van der Waals surface area contributed by atoms with Gasteiger partial charge in [-0.2, -0.15) is 0 Å². The van der Waals surface area contributed by atoms with Gasteiger partial charge in [0.2, 0.25) is 0 Å². The Morgan fingerprint density at radius 3 is 2.08 bits per heavy atom. The SMILES string of the molecule is CCOC(=O)C=P(C1=C(C)C2(C)CC12)(c1ccccc1)c1ccccc1. The van der Waals surface area contributed by atoms with Gasteiger partial charge in [0.25, 0.3) is 0 Å². The van der Waals surface area contributed by atoms with Crippen LogP contribution in [-0.2, 0) is 9.53 Å². The van der Waals surface area contributed by atoms with Gasteiger partial charge in [-0.1, -0.05) is 73.2 Å². The number of ether oxygens (including phenoxy) is 1. The van der Waals surface area contributed by atoms with E-state index >= 15 is 0 Å². The topological polar surface area (TPSA) is 26.3 Å². The highest BCUT2D eigenvalue weighted by Gasteiger charge is 2.64. The fraction of sp³-hybridized carbons (Fsp3) is 0.304. The molecule has 26 heavy (non-hydrogen) atoms. The third-order valence-electron chi connectivity index (χ3n) is 6.10. The minimum Gasteiger partial charge on any atom is -0.463 e. The van der Waals surface area contributed by atoms with Crippen LogP contribution in [0.4, 0.5) is 0 Å². The second-order valence-corrected chi connectivity index (χ2v) is 10.7. The summed E-state index contributed by atoms with van der Waals surface area (Å²) in [6, 6.07) is 21.1. The van der Waals surface area contributed by atoms with Crippen molar-refractivity contribution in [1.82, 2.24) is 0 Å². The second kappa shape index (κ2) is 6.28. The standard InChI is InChI=1S/C23H25O2P/c1-4-25-21(24)16-26(18-11-7-5-8-12-18,19-13-9-6-10-14-19)22-17(2)23(3)15-20(22)23/h5-14,16,20H,4,15H2,1-3H3. The quantitative estimate of drug-likeness (QED) is 0.583. The van der Waals surface area contributed by atoms with Crippen LogP contribution >= 0.6 is 6.89 Å². The Labute approximate surface area is 155 Å². The Hall–Kier alpha value is -2.05. The van der Waals surface area contributed by atoms with Gasteiger partial charge < -0.3 is 4.74 Å². The van der Waals surface area contributed by atoms with Crippen LogP contribution in [0.3, 0.4) is 0 Å². The summed E-state index contributed by atoms with van der Waals surface area (Å²) in [5, 5.41) is 3.97. The lowest BCUT2D eigenvalue weighted by molar-refractivity contribution is -0.134. The molecule has 0 spiro atoms. The van der Waals surface area contributed by atoms with Crippen molar-refractivity contribution in [2.24, 2.45) is 11.3 Å². The summed E-state index contributed by atoms with van der Waals surface area (Å²) in [6.45, 7) is 4.76. The first-order chi connectivity index (χ1) is 12.5. The molecule has 0 bridgehead atoms. The van der Waals surface area contributed by atoms with Crippen molar-refractivity contribution in [2.75, 3.05) is 6.61 Å². The van der Waals surface area contributed by atoms with Gasteiger partial charge in [0.05, 0.1) is 6.61 Å². The zero-order chi connectivity index (χ0) is 18.4. The maximum absolute atomic E-state index is 12.7. The number of hydrogen-bond acceptors (Lipinski definition) is 2. The summed E-state index contributed by atoms with van der Waals surface area (Å²) in [5.74, 6) is 2.31. The molecule has 1 fully saturated rings. The molecule has 0 radical (unpaired) electrons. The molecule has 1 saturated carbocycles. The molecule has 0 heterocycles. The second-order valence-electron chi connectivity index (χ2n) is 7.46. The molecular formula is C23H25O2P. The summed E-state index contributed by atoms with van der Waals surface area (Å²) in [6.07, 6.45) is 1.21. The van der Waals surface area contributed by atoms with Gasteiger partial charge in [-0.05, 0) is 54.4 Å². The fourth-order valence-corrected chi connectivity index (χ4v) is 9.09. The van der Waals surface area contributed by atoms with Crippen molar-refractivity contribution in [3.63, 3.8) is 0 Å². The Balaban J connectivity index is 2.04. The van der Waals surface area contributed by atoms with Crippen molar-refractivity contribution in [1.29, 1.82) is 0 Å². The van der Waals surface area contributed by atoms with E-state index in [1.165, 1.54) is 27.9 Å². The van der Waals surface area contributed by atoms with E-state index in [4.69, 9.17) is 4.74 Å². The van der Waals surface area contributed by atoms with Crippen molar-refractivity contribution in [2.45, 2.75) is 27.2 Å². The maximum atomic E-state index is 12.7. The number of carbonyl (C=O) groups excluding carboxylic acids is 1. The molecule has 2 nitrogen and oxygen atoms in total. The third kappa shape index (κ3) is 2.43. The monoisotopic (exact) mass is 364 g/mol. The number of carbonyl (C=O) groups is 1. The van der Waals surface area contributed by atoms with E-state index in [0.717, 1.165) is 0 Å². The lowest BCUT2D eigenvalue weighted by Gasteiger charge is -2.39. The molecule has 0 N–H and O–H groups in total. The smallest absolute Gasteiger partial charge is 0.331 e. The Bertz CT molecular complexity index is 884. The van der Waals surface area contributed by atoms with Gasteiger partial charge in [-0.3, -0.25) is 0 Å². The number of fused-ring (bicyclic) bond motifs is 1. The molecule has 0 aromatic heterocycles. The van der Waals surface area contributed by atoms with E-state index in [0.29, 0.717) is 17.9 Å². The lowest BCUT2D eigenvalue weighted by atomic mass is 9.86. The van der Waals surface area contributed by atoms with Crippen LogP contribution in [-0.4, -0.2) is 18.4 Å². The predicted molar refractivity (Wildman–Crippen MR) is 111 cm³/mol. The van der Waals surface area contributed by atoms with Crippen molar-refractivity contribution < 1.29 is 9.53 Å². The molecule has 2 aromatic rings. The molecule has 4 rings (SSSR count). The average molecular weight is 364 g/mol. The summed E-state index contributed by atoms with van der Waals surface area (Å²) in [7, 11) is 0. The molecule has 3 heteroatoms. The summed E-state index contributed by atoms with van der Waals surface area (Å²) >= 11 is 0. The van der Waals surface area contributed by atoms with Crippen LogP contribution < -0.4 is 10.6 Å². The first kappa shape index (κ1) is 17.4. The number of allylic oxidation sites excluding steroid dienone is 2. The van der Waals surface area contributed by atoms with Crippen LogP contribution in [0.5, 0.6) is 0 Å². The van der Waals surface area contributed by atoms with Crippen LogP contribution in [0.1, 0.15) is 27.2 Å². The molecule has 134 valence electrons. The van der Waals surface area contributed by atoms with Crippen molar-refractivity contribution in [3.05, 3.63) is 71.6 Å². The van der Waals surface area contributed by atoms with Gasteiger partial charge in [0, 0.05) is 5.80 Å². The normalized spacial score (nSPS) is 23.7. The zero-order valence-electron chi connectivity index (χ0n) is 15.6. The van der Waals surface area contributed by atoms with Gasteiger partial charge in [0.1, 0.15) is 0 Å². The number of hydrogen-bond donors (Lipinski definition) is 0. The molecule has 0 saturated heterocycles. The Morgan fingerprint density at radius 1 is 1.12 bits per heavy atom. The molecule has 0 amide bonds. The van der Waals surface area contributed by atoms with Crippen LogP contribution in [0.15, 0.2) is 71.6 Å². The van der Waals surface area contributed by atoms with Gasteiger partial charge in [-0.25, -0.2) is 4.79 Å². The summed E-state index contributed by atoms with van der Waals surface area (Å²) < 4.78 is 5.38. The average Bonchev–Trinajstić information content (AvgIpc) is 3.28. The first-order valence-corrected chi connectivity index (χ1v) is 11.1. The predicted octanol–water partition coefficient (Wildman–Crippen LogP) is 4.33. The molecule has 2 aliphatic rings. The Kier molecular flexibility index (Phi) is 4.20. The summed E-state index contributed by atoms with van der Waals surface area (Å²) in [5.41, 5.74) is 1.83. The number of benzene rings is 2. The molecular weight excluding hydrogens is 339 g/mol. The lowest BCUT2D eigenvalue weighted by Crippen LogP contribution is -2.29.